The fraction of sp³-hybridized carbons (Fsp3) is 0.750. The third kappa shape index (κ3) is 2.70. The van der Waals surface area contributed by atoms with Crippen molar-refractivity contribution in [1.29, 1.82) is 0 Å². The predicted octanol–water partition coefficient (Wildman–Crippen LogP) is 1.85. The molecule has 1 fully saturated rings. The van der Waals surface area contributed by atoms with Gasteiger partial charge in [-0.05, 0) is 37.2 Å². The van der Waals surface area contributed by atoms with E-state index in [0.29, 0.717) is 19.1 Å². The van der Waals surface area contributed by atoms with Crippen molar-refractivity contribution in [3.63, 3.8) is 0 Å². The van der Waals surface area contributed by atoms with Crippen LogP contribution in [0.5, 0.6) is 0 Å². The van der Waals surface area contributed by atoms with Crippen LogP contribution < -0.4 is 5.32 Å². The van der Waals surface area contributed by atoms with Gasteiger partial charge in [0.15, 0.2) is 0 Å². The molecule has 1 aromatic rings. The van der Waals surface area contributed by atoms with Gasteiger partial charge in [-0.25, -0.2) is 0 Å². The molecule has 2 heterocycles. The molecule has 100 valence electrons. The van der Waals surface area contributed by atoms with Crippen molar-refractivity contribution in [2.75, 3.05) is 6.61 Å². The van der Waals surface area contributed by atoms with Gasteiger partial charge in [0.05, 0.1) is 17.1 Å². The Morgan fingerprint density at radius 1 is 1.61 bits per heavy atom. The van der Waals surface area contributed by atoms with E-state index in [1.807, 2.05) is 6.92 Å². The summed E-state index contributed by atoms with van der Waals surface area (Å²) in [7, 11) is 0. The maximum atomic E-state index is 12.1. The van der Waals surface area contributed by atoms with E-state index in [1.54, 1.807) is 0 Å². The van der Waals surface area contributed by atoms with Crippen molar-refractivity contribution >= 4 is 17.4 Å². The SMILES string of the molecule is CC(C)c1nnsc1CNC(=O)[C@]1(C)CCCO1. The van der Waals surface area contributed by atoms with E-state index in [2.05, 4.69) is 28.8 Å². The maximum absolute atomic E-state index is 12.1. The summed E-state index contributed by atoms with van der Waals surface area (Å²) in [5.74, 6) is 0.289. The van der Waals surface area contributed by atoms with Crippen molar-refractivity contribution < 1.29 is 9.53 Å². The van der Waals surface area contributed by atoms with E-state index in [9.17, 15) is 4.79 Å². The summed E-state index contributed by atoms with van der Waals surface area (Å²) in [4.78, 5) is 13.1. The maximum Gasteiger partial charge on any atom is 0.252 e. The second-order valence-corrected chi connectivity index (χ2v) is 5.94. The van der Waals surface area contributed by atoms with E-state index in [4.69, 9.17) is 4.74 Å². The molecule has 18 heavy (non-hydrogen) atoms. The van der Waals surface area contributed by atoms with Gasteiger partial charge >= 0.3 is 0 Å². The molecule has 0 saturated carbocycles. The monoisotopic (exact) mass is 269 g/mol. The molecule has 1 N–H and O–H groups in total. The van der Waals surface area contributed by atoms with E-state index in [0.717, 1.165) is 23.4 Å². The van der Waals surface area contributed by atoms with Crippen LogP contribution in [-0.4, -0.2) is 27.7 Å². The van der Waals surface area contributed by atoms with Gasteiger partial charge in [0.25, 0.3) is 5.91 Å². The Hall–Kier alpha value is -1.01. The molecule has 0 unspecified atom stereocenters. The normalized spacial score (nSPS) is 23.6. The Bertz CT molecular complexity index is 425. The van der Waals surface area contributed by atoms with Gasteiger partial charge in [0.1, 0.15) is 5.60 Å². The Morgan fingerprint density at radius 2 is 2.39 bits per heavy atom. The van der Waals surface area contributed by atoms with Gasteiger partial charge in [0.2, 0.25) is 0 Å². The fourth-order valence-corrected chi connectivity index (χ4v) is 2.82. The second-order valence-electron chi connectivity index (χ2n) is 5.10. The number of nitrogens with one attached hydrogen (secondary N) is 1. The number of ether oxygens (including phenoxy) is 1. The van der Waals surface area contributed by atoms with Crippen LogP contribution in [0.1, 0.15) is 50.1 Å². The molecule has 5 nitrogen and oxygen atoms in total. The minimum Gasteiger partial charge on any atom is -0.365 e. The number of hydrogen-bond acceptors (Lipinski definition) is 5. The van der Waals surface area contributed by atoms with Crippen LogP contribution >= 0.6 is 11.5 Å². The summed E-state index contributed by atoms with van der Waals surface area (Å²) in [5.41, 5.74) is 0.314. The number of carbonyl (C=O) groups excluding carboxylic acids is 1. The van der Waals surface area contributed by atoms with Gasteiger partial charge in [-0.15, -0.1) is 5.10 Å². The van der Waals surface area contributed by atoms with Crippen LogP contribution in [0, 0.1) is 0 Å². The molecule has 1 saturated heterocycles. The minimum absolute atomic E-state index is 0.0388. The first-order valence-corrected chi connectivity index (χ1v) is 7.03. The predicted molar refractivity (Wildman–Crippen MR) is 69.4 cm³/mol. The highest BCUT2D eigenvalue weighted by atomic mass is 32.1. The summed E-state index contributed by atoms with van der Waals surface area (Å²) < 4.78 is 9.46. The molecular formula is C12H19N3O2S. The van der Waals surface area contributed by atoms with Gasteiger partial charge in [-0.1, -0.05) is 18.3 Å². The van der Waals surface area contributed by atoms with E-state index in [-0.39, 0.29) is 5.91 Å². The highest BCUT2D eigenvalue weighted by Crippen LogP contribution is 2.25. The number of nitrogens with zero attached hydrogens (tertiary/aromatic N) is 2. The van der Waals surface area contributed by atoms with Crippen LogP contribution in [0.25, 0.3) is 0 Å². The van der Waals surface area contributed by atoms with Gasteiger partial charge in [-0.3, -0.25) is 4.79 Å². The summed E-state index contributed by atoms with van der Waals surface area (Å²) >= 11 is 1.34. The first-order valence-electron chi connectivity index (χ1n) is 6.26. The fourth-order valence-electron chi connectivity index (χ4n) is 2.08. The van der Waals surface area contributed by atoms with Gasteiger partial charge < -0.3 is 10.1 Å². The Labute approximate surface area is 111 Å². The number of carbonyl (C=O) groups is 1. The minimum atomic E-state index is -0.657. The van der Waals surface area contributed by atoms with Crippen LogP contribution in [0.4, 0.5) is 0 Å². The second kappa shape index (κ2) is 5.32. The lowest BCUT2D eigenvalue weighted by Crippen LogP contribution is -2.43. The first-order chi connectivity index (χ1) is 8.53. The Kier molecular flexibility index (Phi) is 3.97. The third-order valence-corrected chi connectivity index (χ3v) is 3.98. The molecular weight excluding hydrogens is 250 g/mol. The zero-order valence-corrected chi connectivity index (χ0v) is 11.8. The van der Waals surface area contributed by atoms with Gasteiger partial charge in [0, 0.05) is 6.61 Å². The van der Waals surface area contributed by atoms with Gasteiger partial charge in [-0.2, -0.15) is 0 Å². The molecule has 1 aliphatic heterocycles. The lowest BCUT2D eigenvalue weighted by atomic mass is 10.0. The van der Waals surface area contributed by atoms with Crippen molar-refractivity contribution in [2.24, 2.45) is 0 Å². The molecule has 1 aromatic heterocycles. The molecule has 1 atom stereocenters. The number of rotatable bonds is 4. The Balaban J connectivity index is 1.95. The molecule has 0 spiro atoms. The van der Waals surface area contributed by atoms with Crippen molar-refractivity contribution in [2.45, 2.75) is 51.7 Å². The first kappa shape index (κ1) is 13.4. The molecule has 0 aromatic carbocycles. The Morgan fingerprint density at radius 3 is 3.00 bits per heavy atom. The average molecular weight is 269 g/mol. The smallest absolute Gasteiger partial charge is 0.252 e. The highest BCUT2D eigenvalue weighted by molar-refractivity contribution is 7.05. The molecule has 0 aliphatic carbocycles. The van der Waals surface area contributed by atoms with E-state index >= 15 is 0 Å². The summed E-state index contributed by atoms with van der Waals surface area (Å²) in [6.45, 7) is 7.16. The number of aromatic nitrogens is 2. The topological polar surface area (TPSA) is 64.1 Å². The number of amides is 1. The van der Waals surface area contributed by atoms with Crippen molar-refractivity contribution in [1.82, 2.24) is 14.9 Å². The molecule has 0 bridgehead atoms. The number of hydrogen-bond donors (Lipinski definition) is 1. The summed E-state index contributed by atoms with van der Waals surface area (Å²) in [6.07, 6.45) is 1.74. The highest BCUT2D eigenvalue weighted by Gasteiger charge is 2.37. The third-order valence-electron chi connectivity index (χ3n) is 3.24. The molecule has 2 rings (SSSR count). The van der Waals surface area contributed by atoms with E-state index in [1.165, 1.54) is 11.5 Å². The van der Waals surface area contributed by atoms with E-state index < -0.39 is 5.60 Å². The van der Waals surface area contributed by atoms with Crippen LogP contribution in [-0.2, 0) is 16.1 Å². The largest absolute Gasteiger partial charge is 0.365 e. The molecule has 1 aliphatic rings. The zero-order chi connectivity index (χ0) is 13.2. The summed E-state index contributed by atoms with van der Waals surface area (Å²) in [6, 6.07) is 0. The molecule has 6 heteroatoms. The van der Waals surface area contributed by atoms with Crippen molar-refractivity contribution in [3.8, 4) is 0 Å². The standard InChI is InChI=1S/C12H19N3O2S/c1-8(2)10-9(18-15-14-10)7-13-11(16)12(3)5-4-6-17-12/h8H,4-7H2,1-3H3,(H,13,16)/t12-/m0/s1. The quantitative estimate of drug-likeness (QED) is 0.906. The van der Waals surface area contributed by atoms with Crippen LogP contribution in [0.3, 0.4) is 0 Å². The lowest BCUT2D eigenvalue weighted by molar-refractivity contribution is -0.139. The average Bonchev–Trinajstić information content (AvgIpc) is 2.95. The van der Waals surface area contributed by atoms with Crippen molar-refractivity contribution in [3.05, 3.63) is 10.6 Å². The summed E-state index contributed by atoms with van der Waals surface area (Å²) in [5, 5.41) is 7.02. The van der Waals surface area contributed by atoms with Crippen LogP contribution in [0.15, 0.2) is 0 Å². The van der Waals surface area contributed by atoms with Crippen LogP contribution in [0.2, 0.25) is 0 Å². The molecule has 1 amide bonds. The zero-order valence-electron chi connectivity index (χ0n) is 11.0. The lowest BCUT2D eigenvalue weighted by Gasteiger charge is -2.21. The molecule has 0 radical (unpaired) electrons.